The number of nitrogens with zero attached hydrogens (tertiary/aromatic N) is 1. The first-order chi connectivity index (χ1) is 12.7. The maximum absolute atomic E-state index is 12.1. The Balaban J connectivity index is 1.41. The zero-order chi connectivity index (χ0) is 17.9. The summed E-state index contributed by atoms with van der Waals surface area (Å²) in [6.45, 7) is 0.160. The minimum atomic E-state index is -0.357. The van der Waals surface area contributed by atoms with E-state index in [9.17, 15) is 4.79 Å². The van der Waals surface area contributed by atoms with Gasteiger partial charge in [-0.3, -0.25) is 4.79 Å². The summed E-state index contributed by atoms with van der Waals surface area (Å²) < 4.78 is 16.1. The van der Waals surface area contributed by atoms with Crippen LogP contribution in [0.25, 0.3) is 11.3 Å². The highest BCUT2D eigenvalue weighted by atomic mass is 35.5. The molecule has 1 aromatic heterocycles. The van der Waals surface area contributed by atoms with E-state index in [1.807, 2.05) is 18.2 Å². The van der Waals surface area contributed by atoms with Gasteiger partial charge in [0.2, 0.25) is 6.79 Å². The molecule has 4 rings (SSSR count). The number of hydrogen-bond donors (Lipinski definition) is 1. The molecule has 2 heterocycles. The van der Waals surface area contributed by atoms with Crippen molar-refractivity contribution in [2.75, 3.05) is 6.79 Å². The maximum atomic E-state index is 12.1. The molecule has 0 fully saturated rings. The van der Waals surface area contributed by atoms with Gasteiger partial charge in [0.05, 0.1) is 6.21 Å². The molecule has 3 aromatic rings. The number of halogens is 1. The molecule has 26 heavy (non-hydrogen) atoms. The summed E-state index contributed by atoms with van der Waals surface area (Å²) in [7, 11) is 0. The van der Waals surface area contributed by atoms with E-state index in [1.54, 1.807) is 36.4 Å². The Kier molecular flexibility index (Phi) is 4.33. The molecule has 1 N–H and O–H groups in total. The van der Waals surface area contributed by atoms with Crippen LogP contribution in [0.5, 0.6) is 11.5 Å². The lowest BCUT2D eigenvalue weighted by Gasteiger charge is -2.01. The number of nitrogens with one attached hydrogen (secondary N) is 1. The van der Waals surface area contributed by atoms with Crippen molar-refractivity contribution in [3.05, 3.63) is 70.9 Å². The number of benzene rings is 2. The number of carbonyl (C=O) groups is 1. The SMILES string of the molecule is O=C(NN=Cc1ccc(-c2ccc(Cl)cc2)o1)c1ccc2c(c1)OCO2. The van der Waals surface area contributed by atoms with E-state index in [0.717, 1.165) is 5.56 Å². The smallest absolute Gasteiger partial charge is 0.271 e. The zero-order valence-electron chi connectivity index (χ0n) is 13.4. The van der Waals surface area contributed by atoms with E-state index >= 15 is 0 Å². The summed E-state index contributed by atoms with van der Waals surface area (Å²) in [5, 5.41) is 4.58. The molecular formula is C19H13ClN2O4. The predicted octanol–water partition coefficient (Wildman–Crippen LogP) is 4.09. The largest absolute Gasteiger partial charge is 0.455 e. The normalized spacial score (nSPS) is 12.5. The molecule has 0 saturated carbocycles. The second-order valence-electron chi connectivity index (χ2n) is 5.48. The summed E-state index contributed by atoms with van der Waals surface area (Å²) in [6.07, 6.45) is 1.43. The molecule has 0 atom stereocenters. The molecule has 0 saturated heterocycles. The third-order valence-electron chi connectivity index (χ3n) is 3.75. The molecule has 130 valence electrons. The van der Waals surface area contributed by atoms with Crippen LogP contribution < -0.4 is 14.9 Å². The minimum Gasteiger partial charge on any atom is -0.455 e. The lowest BCUT2D eigenvalue weighted by molar-refractivity contribution is 0.0954. The Hall–Kier alpha value is -3.25. The molecule has 0 unspecified atom stereocenters. The monoisotopic (exact) mass is 368 g/mol. The van der Waals surface area contributed by atoms with E-state index < -0.39 is 0 Å². The lowest BCUT2D eigenvalue weighted by Crippen LogP contribution is -2.17. The van der Waals surface area contributed by atoms with Crippen LogP contribution in [0.2, 0.25) is 5.02 Å². The molecular weight excluding hydrogens is 356 g/mol. The van der Waals surface area contributed by atoms with E-state index in [-0.39, 0.29) is 12.7 Å². The standard InChI is InChI=1S/C19H13ClN2O4/c20-14-4-1-12(2-5-14)16-8-6-15(26-16)10-21-22-19(23)13-3-7-17-18(9-13)25-11-24-17/h1-10H,11H2,(H,22,23). The van der Waals surface area contributed by atoms with E-state index in [4.69, 9.17) is 25.5 Å². The van der Waals surface area contributed by atoms with Crippen molar-refractivity contribution in [2.24, 2.45) is 5.10 Å². The highest BCUT2D eigenvalue weighted by Crippen LogP contribution is 2.32. The number of ether oxygens (including phenoxy) is 2. The molecule has 0 spiro atoms. The number of furan rings is 1. The fourth-order valence-corrected chi connectivity index (χ4v) is 2.57. The second kappa shape index (κ2) is 6.93. The predicted molar refractivity (Wildman–Crippen MR) is 96.8 cm³/mol. The Morgan fingerprint density at radius 3 is 2.69 bits per heavy atom. The number of hydrogen-bond acceptors (Lipinski definition) is 5. The molecule has 7 heteroatoms. The van der Waals surface area contributed by atoms with Gasteiger partial charge in [-0.2, -0.15) is 5.10 Å². The van der Waals surface area contributed by atoms with Crippen molar-refractivity contribution in [1.82, 2.24) is 5.43 Å². The van der Waals surface area contributed by atoms with Gasteiger partial charge in [-0.25, -0.2) is 5.43 Å². The third-order valence-corrected chi connectivity index (χ3v) is 4.00. The summed E-state index contributed by atoms with van der Waals surface area (Å²) in [4.78, 5) is 12.1. The van der Waals surface area contributed by atoms with Gasteiger partial charge in [0.25, 0.3) is 5.91 Å². The van der Waals surface area contributed by atoms with Crippen LogP contribution >= 0.6 is 11.6 Å². The van der Waals surface area contributed by atoms with Crippen LogP contribution in [0.3, 0.4) is 0 Å². The van der Waals surface area contributed by atoms with Gasteiger partial charge in [0.1, 0.15) is 11.5 Å². The Morgan fingerprint density at radius 2 is 1.85 bits per heavy atom. The van der Waals surface area contributed by atoms with Gasteiger partial charge in [-0.05, 0) is 54.6 Å². The van der Waals surface area contributed by atoms with Gasteiger partial charge < -0.3 is 13.9 Å². The van der Waals surface area contributed by atoms with Gasteiger partial charge >= 0.3 is 0 Å². The topological polar surface area (TPSA) is 73.1 Å². The van der Waals surface area contributed by atoms with Crippen LogP contribution in [0, 0.1) is 0 Å². The Labute approximate surface area is 154 Å². The maximum Gasteiger partial charge on any atom is 0.271 e. The average Bonchev–Trinajstić information content (AvgIpc) is 3.31. The van der Waals surface area contributed by atoms with Crippen molar-refractivity contribution >= 4 is 23.7 Å². The van der Waals surface area contributed by atoms with E-state index in [2.05, 4.69) is 10.5 Å². The summed E-state index contributed by atoms with van der Waals surface area (Å²) >= 11 is 5.88. The van der Waals surface area contributed by atoms with Crippen LogP contribution in [0.15, 0.2) is 64.1 Å². The van der Waals surface area contributed by atoms with Crippen molar-refractivity contribution in [2.45, 2.75) is 0 Å². The van der Waals surface area contributed by atoms with Crippen molar-refractivity contribution in [3.8, 4) is 22.8 Å². The van der Waals surface area contributed by atoms with Gasteiger partial charge in [0.15, 0.2) is 11.5 Å². The Bertz CT molecular complexity index is 979. The van der Waals surface area contributed by atoms with Crippen molar-refractivity contribution < 1.29 is 18.7 Å². The fraction of sp³-hybridized carbons (Fsp3) is 0.0526. The number of amides is 1. The molecule has 1 aliphatic rings. The number of carbonyl (C=O) groups excluding carboxylic acids is 1. The summed E-state index contributed by atoms with van der Waals surface area (Å²) in [5.74, 6) is 2.01. The molecule has 0 aliphatic carbocycles. The Morgan fingerprint density at radius 1 is 1.04 bits per heavy atom. The molecule has 6 nitrogen and oxygen atoms in total. The van der Waals surface area contributed by atoms with Crippen molar-refractivity contribution in [1.29, 1.82) is 0 Å². The molecule has 0 radical (unpaired) electrons. The van der Waals surface area contributed by atoms with Crippen LogP contribution in [-0.4, -0.2) is 18.9 Å². The lowest BCUT2D eigenvalue weighted by atomic mass is 10.2. The first kappa shape index (κ1) is 16.2. The molecule has 2 aromatic carbocycles. The second-order valence-corrected chi connectivity index (χ2v) is 5.91. The van der Waals surface area contributed by atoms with Crippen LogP contribution in [0.4, 0.5) is 0 Å². The van der Waals surface area contributed by atoms with Gasteiger partial charge in [-0.15, -0.1) is 0 Å². The number of fused-ring (bicyclic) bond motifs is 1. The zero-order valence-corrected chi connectivity index (χ0v) is 14.2. The highest BCUT2D eigenvalue weighted by molar-refractivity contribution is 6.30. The summed E-state index contributed by atoms with van der Waals surface area (Å²) in [6, 6.07) is 15.8. The van der Waals surface area contributed by atoms with Gasteiger partial charge in [0, 0.05) is 16.1 Å². The number of rotatable bonds is 4. The fourth-order valence-electron chi connectivity index (χ4n) is 2.45. The molecule has 0 bridgehead atoms. The highest BCUT2D eigenvalue weighted by Gasteiger charge is 2.15. The molecule has 1 amide bonds. The molecule has 1 aliphatic heterocycles. The van der Waals surface area contributed by atoms with Crippen LogP contribution in [0.1, 0.15) is 16.1 Å². The summed E-state index contributed by atoms with van der Waals surface area (Å²) in [5.41, 5.74) is 3.78. The minimum absolute atomic E-state index is 0.160. The van der Waals surface area contributed by atoms with Crippen LogP contribution in [-0.2, 0) is 0 Å². The van der Waals surface area contributed by atoms with Crippen molar-refractivity contribution in [3.63, 3.8) is 0 Å². The quantitative estimate of drug-likeness (QED) is 0.556. The average molecular weight is 369 g/mol. The van der Waals surface area contributed by atoms with E-state index in [0.29, 0.717) is 33.6 Å². The van der Waals surface area contributed by atoms with E-state index in [1.165, 1.54) is 6.21 Å². The first-order valence-corrected chi connectivity index (χ1v) is 8.16. The van der Waals surface area contributed by atoms with Gasteiger partial charge in [-0.1, -0.05) is 11.6 Å². The third kappa shape index (κ3) is 3.41. The first-order valence-electron chi connectivity index (χ1n) is 7.78. The number of hydrazone groups is 1.